The van der Waals surface area contributed by atoms with Crippen LogP contribution in [0.5, 0.6) is 5.75 Å². The second kappa shape index (κ2) is 8.29. The Labute approximate surface area is 164 Å². The van der Waals surface area contributed by atoms with Crippen LogP contribution in [0, 0.1) is 0 Å². The van der Waals surface area contributed by atoms with Crippen molar-refractivity contribution in [3.8, 4) is 5.75 Å². The van der Waals surface area contributed by atoms with Gasteiger partial charge in [0.2, 0.25) is 10.0 Å². The Balaban J connectivity index is 2.31. The van der Waals surface area contributed by atoms with Gasteiger partial charge in [-0.2, -0.15) is 0 Å². The highest BCUT2D eigenvalue weighted by atomic mass is 32.2. The van der Waals surface area contributed by atoms with Crippen LogP contribution in [0.25, 0.3) is 0 Å². The first-order valence-corrected chi connectivity index (χ1v) is 11.6. The first-order chi connectivity index (χ1) is 13.0. The molecule has 0 spiro atoms. The Morgan fingerprint density at radius 2 is 1.57 bits per heavy atom. The lowest BCUT2D eigenvalue weighted by atomic mass is 10.1. The average Bonchev–Trinajstić information content (AvgIpc) is 2.65. The van der Waals surface area contributed by atoms with Crippen LogP contribution in [0.1, 0.15) is 28.9 Å². The summed E-state index contributed by atoms with van der Waals surface area (Å²) in [5.41, 5.74) is 0.689. The molecule has 10 heteroatoms. The fourth-order valence-corrected chi connectivity index (χ4v) is 4.43. The predicted molar refractivity (Wildman–Crippen MR) is 105 cm³/mol. The van der Waals surface area contributed by atoms with E-state index in [0.717, 1.165) is 6.26 Å². The standard InChI is InChI=1S/C18H22N2O6S2/c1-12(13-5-7-14(8-6-13)27(4,22)23)20-28(24,25)15-9-10-17(26-3)16(11-15)18(21)19-2/h5-12,20H,1-4H3,(H,19,21)/t12-/m0/s1. The van der Waals surface area contributed by atoms with E-state index in [9.17, 15) is 21.6 Å². The van der Waals surface area contributed by atoms with Crippen molar-refractivity contribution >= 4 is 25.8 Å². The highest BCUT2D eigenvalue weighted by molar-refractivity contribution is 7.90. The maximum Gasteiger partial charge on any atom is 0.254 e. The Morgan fingerprint density at radius 3 is 2.07 bits per heavy atom. The third-order valence-corrected chi connectivity index (χ3v) is 6.76. The van der Waals surface area contributed by atoms with Crippen LogP contribution in [0.2, 0.25) is 0 Å². The summed E-state index contributed by atoms with van der Waals surface area (Å²) in [7, 11) is -4.45. The molecule has 152 valence electrons. The third-order valence-electron chi connectivity index (χ3n) is 4.09. The summed E-state index contributed by atoms with van der Waals surface area (Å²) in [6.45, 7) is 1.64. The molecule has 0 aliphatic rings. The summed E-state index contributed by atoms with van der Waals surface area (Å²) in [6, 6.07) is 9.31. The Bertz CT molecular complexity index is 1080. The van der Waals surface area contributed by atoms with E-state index in [1.54, 1.807) is 19.1 Å². The maximum absolute atomic E-state index is 12.7. The smallest absolute Gasteiger partial charge is 0.254 e. The van der Waals surface area contributed by atoms with Crippen molar-refractivity contribution in [2.45, 2.75) is 22.8 Å². The van der Waals surface area contributed by atoms with Crippen LogP contribution in [0.4, 0.5) is 0 Å². The van der Waals surface area contributed by atoms with Gasteiger partial charge in [-0.05, 0) is 42.8 Å². The number of nitrogens with one attached hydrogen (secondary N) is 2. The Kier molecular flexibility index (Phi) is 6.48. The molecule has 0 unspecified atom stereocenters. The molecule has 0 saturated carbocycles. The minimum Gasteiger partial charge on any atom is -0.496 e. The topological polar surface area (TPSA) is 119 Å². The molecule has 0 fully saturated rings. The highest BCUT2D eigenvalue weighted by Gasteiger charge is 2.22. The Hall–Kier alpha value is -2.43. The average molecular weight is 427 g/mol. The van der Waals surface area contributed by atoms with Crippen LogP contribution >= 0.6 is 0 Å². The molecule has 0 saturated heterocycles. The lowest BCUT2D eigenvalue weighted by Gasteiger charge is -2.16. The van der Waals surface area contributed by atoms with Gasteiger partial charge in [0.15, 0.2) is 9.84 Å². The number of hydrogen-bond donors (Lipinski definition) is 2. The molecule has 2 rings (SSSR count). The zero-order chi connectivity index (χ0) is 21.1. The van der Waals surface area contributed by atoms with Gasteiger partial charge in [0.05, 0.1) is 22.5 Å². The van der Waals surface area contributed by atoms with E-state index >= 15 is 0 Å². The van der Waals surface area contributed by atoms with Crippen molar-refractivity contribution < 1.29 is 26.4 Å². The summed E-state index contributed by atoms with van der Waals surface area (Å²) in [5, 5.41) is 2.44. The predicted octanol–water partition coefficient (Wildman–Crippen LogP) is 1.50. The van der Waals surface area contributed by atoms with Gasteiger partial charge in [-0.15, -0.1) is 0 Å². The van der Waals surface area contributed by atoms with Crippen LogP contribution in [0.3, 0.4) is 0 Å². The van der Waals surface area contributed by atoms with Gasteiger partial charge in [0.25, 0.3) is 5.91 Å². The van der Waals surface area contributed by atoms with Gasteiger partial charge >= 0.3 is 0 Å². The van der Waals surface area contributed by atoms with Crippen molar-refractivity contribution in [1.82, 2.24) is 10.0 Å². The minimum atomic E-state index is -3.94. The molecular weight excluding hydrogens is 404 g/mol. The van der Waals surface area contributed by atoms with E-state index in [2.05, 4.69) is 10.0 Å². The molecule has 28 heavy (non-hydrogen) atoms. The first-order valence-electron chi connectivity index (χ1n) is 8.22. The zero-order valence-electron chi connectivity index (χ0n) is 15.9. The van der Waals surface area contributed by atoms with E-state index in [-0.39, 0.29) is 21.1 Å². The van der Waals surface area contributed by atoms with Gasteiger partial charge in [-0.3, -0.25) is 4.79 Å². The van der Waals surface area contributed by atoms with Crippen LogP contribution in [-0.4, -0.2) is 43.2 Å². The van der Waals surface area contributed by atoms with Gasteiger partial charge < -0.3 is 10.1 Å². The quantitative estimate of drug-likeness (QED) is 0.693. The number of benzene rings is 2. The molecule has 2 aromatic carbocycles. The number of rotatable bonds is 7. The number of amides is 1. The van der Waals surface area contributed by atoms with E-state index in [1.807, 2.05) is 0 Å². The minimum absolute atomic E-state index is 0.0912. The molecule has 1 amide bonds. The largest absolute Gasteiger partial charge is 0.496 e. The summed E-state index contributed by atoms with van der Waals surface area (Å²) < 4.78 is 56.1. The number of sulfone groups is 1. The number of methoxy groups -OCH3 is 1. The van der Waals surface area contributed by atoms with Crippen molar-refractivity contribution in [3.63, 3.8) is 0 Å². The second-order valence-electron chi connectivity index (χ2n) is 6.13. The van der Waals surface area contributed by atoms with E-state index in [0.29, 0.717) is 5.56 Å². The van der Waals surface area contributed by atoms with Crippen molar-refractivity contribution in [2.24, 2.45) is 0 Å². The molecule has 2 N–H and O–H groups in total. The van der Waals surface area contributed by atoms with Gasteiger partial charge in [0.1, 0.15) is 5.75 Å². The molecule has 2 aromatic rings. The normalized spacial score (nSPS) is 13.0. The monoisotopic (exact) mass is 426 g/mol. The fraction of sp³-hybridized carbons (Fsp3) is 0.278. The lowest BCUT2D eigenvalue weighted by Crippen LogP contribution is -2.27. The van der Waals surface area contributed by atoms with Gasteiger partial charge in [-0.25, -0.2) is 21.6 Å². The highest BCUT2D eigenvalue weighted by Crippen LogP contribution is 2.24. The summed E-state index contributed by atoms with van der Waals surface area (Å²) in [5.74, 6) is -0.221. The van der Waals surface area contributed by atoms with Gasteiger partial charge in [0, 0.05) is 19.3 Å². The zero-order valence-corrected chi connectivity index (χ0v) is 17.5. The molecule has 0 aromatic heterocycles. The number of carbonyl (C=O) groups excluding carboxylic acids is 1. The van der Waals surface area contributed by atoms with E-state index in [4.69, 9.17) is 4.74 Å². The van der Waals surface area contributed by atoms with E-state index in [1.165, 1.54) is 44.5 Å². The third kappa shape index (κ3) is 4.89. The first kappa shape index (κ1) is 21.9. The van der Waals surface area contributed by atoms with Crippen LogP contribution in [0.15, 0.2) is 52.3 Å². The number of carbonyl (C=O) groups is 1. The molecule has 0 heterocycles. The van der Waals surface area contributed by atoms with Crippen LogP contribution in [-0.2, 0) is 19.9 Å². The number of ether oxygens (including phenoxy) is 1. The fourth-order valence-electron chi connectivity index (χ4n) is 2.54. The molecule has 0 aliphatic heterocycles. The second-order valence-corrected chi connectivity index (χ2v) is 9.86. The Morgan fingerprint density at radius 1 is 1.00 bits per heavy atom. The summed E-state index contributed by atoms with van der Waals surface area (Å²) in [4.78, 5) is 12.0. The molecule has 0 bridgehead atoms. The summed E-state index contributed by atoms with van der Waals surface area (Å²) >= 11 is 0. The molecular formula is C18H22N2O6S2. The molecule has 0 radical (unpaired) electrons. The van der Waals surface area contributed by atoms with Gasteiger partial charge in [-0.1, -0.05) is 12.1 Å². The van der Waals surface area contributed by atoms with E-state index < -0.39 is 31.8 Å². The van der Waals surface area contributed by atoms with Crippen LogP contribution < -0.4 is 14.8 Å². The van der Waals surface area contributed by atoms with Crippen molar-refractivity contribution in [3.05, 3.63) is 53.6 Å². The molecule has 8 nitrogen and oxygen atoms in total. The SMILES string of the molecule is CNC(=O)c1cc(S(=O)(=O)N[C@@H](C)c2ccc(S(C)(=O)=O)cc2)ccc1OC. The number of sulfonamides is 1. The maximum atomic E-state index is 12.7. The van der Waals surface area contributed by atoms with Crippen molar-refractivity contribution in [1.29, 1.82) is 0 Å². The molecule has 0 aliphatic carbocycles. The van der Waals surface area contributed by atoms with Crippen molar-refractivity contribution in [2.75, 3.05) is 20.4 Å². The summed E-state index contributed by atoms with van der Waals surface area (Å²) in [6.07, 6.45) is 1.10. The molecule has 1 atom stereocenters. The lowest BCUT2D eigenvalue weighted by molar-refractivity contribution is 0.0960. The number of hydrogen-bond acceptors (Lipinski definition) is 6.